The zero-order valence-corrected chi connectivity index (χ0v) is 13.3. The summed E-state index contributed by atoms with van der Waals surface area (Å²) in [7, 11) is 0. The number of para-hydroxylation sites is 1. The molecule has 0 spiro atoms. The Balaban J connectivity index is 2.28. The molecule has 0 bridgehead atoms. The average Bonchev–Trinajstić information content (AvgIpc) is 2.42. The summed E-state index contributed by atoms with van der Waals surface area (Å²) >= 11 is 14.2. The molecule has 0 saturated carbocycles. The van der Waals surface area contributed by atoms with Gasteiger partial charge in [-0.3, -0.25) is 4.79 Å². The lowest BCUT2D eigenvalue weighted by atomic mass is 10.1. The maximum absolute atomic E-state index is 12.2. The van der Waals surface area contributed by atoms with Gasteiger partial charge < -0.3 is 11.1 Å². The molecular weight excluding hydrogens is 360 g/mol. The van der Waals surface area contributed by atoms with Gasteiger partial charge in [-0.05, 0) is 46.3 Å². The van der Waals surface area contributed by atoms with Crippen molar-refractivity contribution in [2.24, 2.45) is 5.73 Å². The van der Waals surface area contributed by atoms with Gasteiger partial charge in [0.05, 0.1) is 10.7 Å². The third kappa shape index (κ3) is 3.36. The number of rotatable bonds is 3. The Morgan fingerprint density at radius 2 is 1.95 bits per heavy atom. The predicted molar refractivity (Wildman–Crippen MR) is 89.4 cm³/mol. The van der Waals surface area contributed by atoms with Gasteiger partial charge in [0, 0.05) is 15.6 Å². The molecule has 2 aromatic carbocycles. The third-order valence-corrected chi connectivity index (χ3v) is 4.07. The monoisotopic (exact) mass is 368 g/mol. The molecule has 0 heterocycles. The Kier molecular flexibility index (Phi) is 4.75. The van der Waals surface area contributed by atoms with E-state index in [2.05, 4.69) is 21.2 Å². The summed E-state index contributed by atoms with van der Waals surface area (Å²) in [6, 6.07) is 12.1. The molecule has 0 aliphatic heterocycles. The number of benzene rings is 2. The van der Waals surface area contributed by atoms with Crippen molar-refractivity contribution in [2.45, 2.75) is 0 Å². The van der Waals surface area contributed by atoms with Gasteiger partial charge >= 0.3 is 0 Å². The second-order valence-corrected chi connectivity index (χ2v) is 5.69. The van der Waals surface area contributed by atoms with Gasteiger partial charge in [-0.2, -0.15) is 0 Å². The highest BCUT2D eigenvalue weighted by molar-refractivity contribution is 9.10. The summed E-state index contributed by atoms with van der Waals surface area (Å²) in [5.74, 6) is -0.275. The topological polar surface area (TPSA) is 55.1 Å². The standard InChI is InChI=1S/C14H10BrClN2OS/c15-10-6-5-8(7-11(10)16)14(19)18-12-4-2-1-3-9(12)13(17)20/h1-7H,(H2,17,20)(H,18,19). The van der Waals surface area contributed by atoms with Crippen LogP contribution in [0.15, 0.2) is 46.9 Å². The molecule has 20 heavy (non-hydrogen) atoms. The molecule has 2 aromatic rings. The van der Waals surface area contributed by atoms with E-state index in [0.29, 0.717) is 21.8 Å². The van der Waals surface area contributed by atoms with Crippen LogP contribution in [-0.4, -0.2) is 10.9 Å². The van der Waals surface area contributed by atoms with Crippen molar-refractivity contribution in [3.05, 3.63) is 63.1 Å². The zero-order valence-electron chi connectivity index (χ0n) is 10.2. The summed E-state index contributed by atoms with van der Waals surface area (Å²) in [5, 5.41) is 3.25. The number of halogens is 2. The summed E-state index contributed by atoms with van der Waals surface area (Å²) in [6.45, 7) is 0. The molecule has 3 N–H and O–H groups in total. The van der Waals surface area contributed by atoms with E-state index < -0.39 is 0 Å². The van der Waals surface area contributed by atoms with E-state index in [1.165, 1.54) is 0 Å². The molecule has 0 aliphatic rings. The molecule has 1 amide bonds. The van der Waals surface area contributed by atoms with Gasteiger partial charge in [0.1, 0.15) is 4.99 Å². The van der Waals surface area contributed by atoms with E-state index in [0.717, 1.165) is 4.47 Å². The number of carbonyl (C=O) groups is 1. The fourth-order valence-electron chi connectivity index (χ4n) is 1.64. The normalized spacial score (nSPS) is 10.1. The lowest BCUT2D eigenvalue weighted by Gasteiger charge is -2.10. The van der Waals surface area contributed by atoms with Crippen molar-refractivity contribution >= 4 is 56.3 Å². The Bertz CT molecular complexity index is 691. The van der Waals surface area contributed by atoms with Crippen molar-refractivity contribution in [1.29, 1.82) is 0 Å². The predicted octanol–water partition coefficient (Wildman–Crippen LogP) is 3.99. The number of nitrogens with two attached hydrogens (primary N) is 1. The molecule has 6 heteroatoms. The van der Waals surface area contributed by atoms with E-state index in [4.69, 9.17) is 29.6 Å². The summed E-state index contributed by atoms with van der Waals surface area (Å²) in [4.78, 5) is 12.4. The van der Waals surface area contributed by atoms with Crippen LogP contribution in [0, 0.1) is 0 Å². The fraction of sp³-hybridized carbons (Fsp3) is 0. The number of carbonyl (C=O) groups excluding carboxylic acids is 1. The van der Waals surface area contributed by atoms with Gasteiger partial charge in [-0.1, -0.05) is 36.0 Å². The van der Waals surface area contributed by atoms with Crippen LogP contribution in [0.4, 0.5) is 5.69 Å². The number of hydrogen-bond donors (Lipinski definition) is 2. The molecule has 0 saturated heterocycles. The molecule has 0 aliphatic carbocycles. The molecule has 0 unspecified atom stereocenters. The maximum atomic E-state index is 12.2. The molecule has 102 valence electrons. The fourth-order valence-corrected chi connectivity index (χ4v) is 2.24. The number of thiocarbonyl (C=S) groups is 1. The SMILES string of the molecule is NC(=S)c1ccccc1NC(=O)c1ccc(Br)c(Cl)c1. The summed E-state index contributed by atoms with van der Waals surface area (Å²) in [6.07, 6.45) is 0. The van der Waals surface area contributed by atoms with Crippen molar-refractivity contribution in [2.75, 3.05) is 5.32 Å². The lowest BCUT2D eigenvalue weighted by Crippen LogP contribution is -2.17. The number of amides is 1. The summed E-state index contributed by atoms with van der Waals surface area (Å²) in [5.41, 5.74) is 7.28. The molecular formula is C14H10BrClN2OS. The third-order valence-electron chi connectivity index (χ3n) is 2.62. The maximum Gasteiger partial charge on any atom is 0.255 e. The number of hydrogen-bond acceptors (Lipinski definition) is 2. The van der Waals surface area contributed by atoms with Crippen molar-refractivity contribution in [3.8, 4) is 0 Å². The highest BCUT2D eigenvalue weighted by atomic mass is 79.9. The highest BCUT2D eigenvalue weighted by Crippen LogP contribution is 2.24. The van der Waals surface area contributed by atoms with Gasteiger partial charge in [0.2, 0.25) is 0 Å². The van der Waals surface area contributed by atoms with E-state index in [1.54, 1.807) is 42.5 Å². The Morgan fingerprint density at radius 3 is 2.60 bits per heavy atom. The van der Waals surface area contributed by atoms with Crippen LogP contribution in [0.2, 0.25) is 5.02 Å². The van der Waals surface area contributed by atoms with E-state index in [-0.39, 0.29) is 10.9 Å². The van der Waals surface area contributed by atoms with Crippen LogP contribution >= 0.6 is 39.7 Å². The van der Waals surface area contributed by atoms with Gasteiger partial charge in [0.15, 0.2) is 0 Å². The van der Waals surface area contributed by atoms with E-state index >= 15 is 0 Å². The van der Waals surface area contributed by atoms with Gasteiger partial charge in [0.25, 0.3) is 5.91 Å². The average molecular weight is 370 g/mol. The molecule has 0 aromatic heterocycles. The zero-order chi connectivity index (χ0) is 14.7. The van der Waals surface area contributed by atoms with Crippen LogP contribution in [0.25, 0.3) is 0 Å². The highest BCUT2D eigenvalue weighted by Gasteiger charge is 2.11. The van der Waals surface area contributed by atoms with Crippen molar-refractivity contribution in [1.82, 2.24) is 0 Å². The van der Waals surface area contributed by atoms with Crippen molar-refractivity contribution < 1.29 is 4.79 Å². The summed E-state index contributed by atoms with van der Waals surface area (Å²) < 4.78 is 0.735. The van der Waals surface area contributed by atoms with Crippen LogP contribution in [-0.2, 0) is 0 Å². The van der Waals surface area contributed by atoms with Crippen LogP contribution in [0.5, 0.6) is 0 Å². The first kappa shape index (κ1) is 15.0. The van der Waals surface area contributed by atoms with Crippen LogP contribution < -0.4 is 11.1 Å². The minimum atomic E-state index is -0.275. The molecule has 0 atom stereocenters. The Morgan fingerprint density at radius 1 is 1.25 bits per heavy atom. The molecule has 3 nitrogen and oxygen atoms in total. The van der Waals surface area contributed by atoms with E-state index in [9.17, 15) is 4.79 Å². The first-order chi connectivity index (χ1) is 9.49. The first-order valence-electron chi connectivity index (χ1n) is 5.64. The second-order valence-electron chi connectivity index (χ2n) is 3.99. The van der Waals surface area contributed by atoms with Crippen molar-refractivity contribution in [3.63, 3.8) is 0 Å². The Labute approximate surface area is 135 Å². The number of nitrogens with one attached hydrogen (secondary N) is 1. The lowest BCUT2D eigenvalue weighted by molar-refractivity contribution is 0.102. The molecule has 2 rings (SSSR count). The van der Waals surface area contributed by atoms with Crippen LogP contribution in [0.3, 0.4) is 0 Å². The minimum absolute atomic E-state index is 0.231. The molecule has 0 fully saturated rings. The molecule has 0 radical (unpaired) electrons. The van der Waals surface area contributed by atoms with Gasteiger partial charge in [-0.15, -0.1) is 0 Å². The van der Waals surface area contributed by atoms with Crippen LogP contribution in [0.1, 0.15) is 15.9 Å². The first-order valence-corrected chi connectivity index (χ1v) is 7.22. The largest absolute Gasteiger partial charge is 0.389 e. The van der Waals surface area contributed by atoms with Gasteiger partial charge in [-0.25, -0.2) is 0 Å². The quantitative estimate of drug-likeness (QED) is 0.804. The number of anilines is 1. The Hall–Kier alpha value is -1.43. The van der Waals surface area contributed by atoms with E-state index in [1.807, 2.05) is 0 Å². The smallest absolute Gasteiger partial charge is 0.255 e. The second kappa shape index (κ2) is 6.35. The minimum Gasteiger partial charge on any atom is -0.389 e.